The van der Waals surface area contributed by atoms with Crippen LogP contribution in [-0.4, -0.2) is 36.5 Å². The van der Waals surface area contributed by atoms with Gasteiger partial charge in [-0.1, -0.05) is 6.92 Å². The third-order valence-corrected chi connectivity index (χ3v) is 2.72. The molecule has 1 atom stereocenters. The Hall–Kier alpha value is -0.730. The summed E-state index contributed by atoms with van der Waals surface area (Å²) in [6.45, 7) is 5.64. The Kier molecular flexibility index (Phi) is 2.19. The van der Waals surface area contributed by atoms with Crippen molar-refractivity contribution in [2.75, 3.05) is 19.6 Å². The van der Waals surface area contributed by atoms with Gasteiger partial charge in [0.2, 0.25) is 0 Å². The first-order valence-electron chi connectivity index (χ1n) is 4.96. The van der Waals surface area contributed by atoms with E-state index in [4.69, 9.17) is 0 Å². The van der Waals surface area contributed by atoms with Crippen molar-refractivity contribution in [2.24, 2.45) is 4.99 Å². The highest BCUT2D eigenvalue weighted by molar-refractivity contribution is 5.81. The maximum atomic E-state index is 4.48. The molecule has 0 radical (unpaired) electrons. The van der Waals surface area contributed by atoms with E-state index in [1.807, 2.05) is 0 Å². The summed E-state index contributed by atoms with van der Waals surface area (Å²) in [4.78, 5) is 6.85. The van der Waals surface area contributed by atoms with E-state index in [2.05, 4.69) is 22.1 Å². The Balaban J connectivity index is 2.01. The summed E-state index contributed by atoms with van der Waals surface area (Å²) >= 11 is 0. The summed E-state index contributed by atoms with van der Waals surface area (Å²) in [6.07, 6.45) is 3.71. The predicted molar refractivity (Wildman–Crippen MR) is 50.3 cm³/mol. The second-order valence-corrected chi connectivity index (χ2v) is 3.58. The third kappa shape index (κ3) is 1.40. The molecule has 1 fully saturated rings. The van der Waals surface area contributed by atoms with E-state index in [9.17, 15) is 0 Å². The lowest BCUT2D eigenvalue weighted by Crippen LogP contribution is -2.54. The van der Waals surface area contributed by atoms with E-state index in [0.717, 1.165) is 12.5 Å². The Morgan fingerprint density at radius 1 is 1.58 bits per heavy atom. The lowest BCUT2D eigenvalue weighted by Gasteiger charge is -2.37. The first-order valence-corrected chi connectivity index (χ1v) is 4.96. The zero-order valence-electron chi connectivity index (χ0n) is 7.71. The Labute approximate surface area is 73.9 Å². The molecular formula is C9H17N3. The summed E-state index contributed by atoms with van der Waals surface area (Å²) in [5.41, 5.74) is 0. The largest absolute Gasteiger partial charge is 0.353 e. The maximum Gasteiger partial charge on any atom is 0.194 e. The molecule has 2 rings (SSSR count). The van der Waals surface area contributed by atoms with Crippen LogP contribution in [0.15, 0.2) is 4.99 Å². The Morgan fingerprint density at radius 3 is 3.33 bits per heavy atom. The van der Waals surface area contributed by atoms with Crippen LogP contribution >= 0.6 is 0 Å². The molecule has 1 unspecified atom stereocenters. The fraction of sp³-hybridized carbons (Fsp3) is 0.889. The lowest BCUT2D eigenvalue weighted by atomic mass is 10.1. The molecule has 0 amide bonds. The third-order valence-electron chi connectivity index (χ3n) is 2.72. The second-order valence-electron chi connectivity index (χ2n) is 3.58. The minimum atomic E-state index is 0.665. The minimum absolute atomic E-state index is 0.665. The SMILES string of the molecule is CCC1CCN2CCCN=C2N1. The topological polar surface area (TPSA) is 27.6 Å². The minimum Gasteiger partial charge on any atom is -0.353 e. The van der Waals surface area contributed by atoms with Crippen molar-refractivity contribution >= 4 is 5.96 Å². The molecule has 68 valence electrons. The molecule has 2 aliphatic rings. The van der Waals surface area contributed by atoms with Crippen LogP contribution in [0.25, 0.3) is 0 Å². The highest BCUT2D eigenvalue weighted by atomic mass is 15.3. The molecule has 3 heteroatoms. The predicted octanol–water partition coefficient (Wildman–Crippen LogP) is 0.820. The van der Waals surface area contributed by atoms with E-state index in [0.29, 0.717) is 6.04 Å². The summed E-state index contributed by atoms with van der Waals surface area (Å²) in [5, 5.41) is 3.48. The van der Waals surface area contributed by atoms with Gasteiger partial charge in [0.25, 0.3) is 0 Å². The zero-order chi connectivity index (χ0) is 8.39. The number of rotatable bonds is 1. The number of hydrogen-bond acceptors (Lipinski definition) is 3. The van der Waals surface area contributed by atoms with Crippen LogP contribution in [-0.2, 0) is 0 Å². The van der Waals surface area contributed by atoms with Gasteiger partial charge in [0.1, 0.15) is 0 Å². The normalized spacial score (nSPS) is 28.9. The standard InChI is InChI=1S/C9H17N3/c1-2-8-4-7-12-6-3-5-10-9(12)11-8/h8H,2-7H2,1H3,(H,10,11). The van der Waals surface area contributed by atoms with Gasteiger partial charge in [0.15, 0.2) is 5.96 Å². The van der Waals surface area contributed by atoms with Crippen molar-refractivity contribution in [3.63, 3.8) is 0 Å². The van der Waals surface area contributed by atoms with E-state index < -0.39 is 0 Å². The van der Waals surface area contributed by atoms with Gasteiger partial charge in [0, 0.05) is 25.7 Å². The average Bonchev–Trinajstić information content (AvgIpc) is 2.17. The van der Waals surface area contributed by atoms with Gasteiger partial charge >= 0.3 is 0 Å². The van der Waals surface area contributed by atoms with Crippen LogP contribution in [0, 0.1) is 0 Å². The van der Waals surface area contributed by atoms with Gasteiger partial charge in [-0.2, -0.15) is 0 Å². The molecular weight excluding hydrogens is 150 g/mol. The summed E-state index contributed by atoms with van der Waals surface area (Å²) < 4.78 is 0. The maximum absolute atomic E-state index is 4.48. The average molecular weight is 167 g/mol. The van der Waals surface area contributed by atoms with Crippen molar-refractivity contribution in [3.8, 4) is 0 Å². The molecule has 3 nitrogen and oxygen atoms in total. The summed E-state index contributed by atoms with van der Waals surface area (Å²) in [5.74, 6) is 1.15. The van der Waals surface area contributed by atoms with Gasteiger partial charge in [-0.15, -0.1) is 0 Å². The fourth-order valence-corrected chi connectivity index (χ4v) is 1.88. The van der Waals surface area contributed by atoms with Crippen LogP contribution in [0.3, 0.4) is 0 Å². The molecule has 2 heterocycles. The van der Waals surface area contributed by atoms with Crippen LogP contribution in [0.2, 0.25) is 0 Å². The van der Waals surface area contributed by atoms with Crippen molar-refractivity contribution in [3.05, 3.63) is 0 Å². The van der Waals surface area contributed by atoms with Crippen molar-refractivity contribution in [1.29, 1.82) is 0 Å². The number of hydrogen-bond donors (Lipinski definition) is 1. The van der Waals surface area contributed by atoms with Gasteiger partial charge in [-0.3, -0.25) is 4.99 Å². The zero-order valence-corrected chi connectivity index (χ0v) is 7.71. The van der Waals surface area contributed by atoms with Gasteiger partial charge in [-0.25, -0.2) is 0 Å². The molecule has 0 aromatic carbocycles. The fourth-order valence-electron chi connectivity index (χ4n) is 1.88. The summed E-state index contributed by atoms with van der Waals surface area (Å²) in [7, 11) is 0. The van der Waals surface area contributed by atoms with Crippen LogP contribution in [0.4, 0.5) is 0 Å². The van der Waals surface area contributed by atoms with E-state index in [1.54, 1.807) is 0 Å². The molecule has 12 heavy (non-hydrogen) atoms. The molecule has 0 bridgehead atoms. The summed E-state index contributed by atoms with van der Waals surface area (Å²) in [6, 6.07) is 0.665. The number of fused-ring (bicyclic) bond motifs is 1. The number of nitrogens with one attached hydrogen (secondary N) is 1. The quantitative estimate of drug-likeness (QED) is 0.626. The molecule has 0 aromatic rings. The lowest BCUT2D eigenvalue weighted by molar-refractivity contribution is 0.306. The molecule has 1 saturated heterocycles. The first kappa shape index (κ1) is 7.90. The van der Waals surface area contributed by atoms with Gasteiger partial charge in [0.05, 0.1) is 0 Å². The molecule has 0 spiro atoms. The van der Waals surface area contributed by atoms with E-state index in [-0.39, 0.29) is 0 Å². The Morgan fingerprint density at radius 2 is 2.50 bits per heavy atom. The Bertz CT molecular complexity index is 188. The van der Waals surface area contributed by atoms with Crippen molar-refractivity contribution in [2.45, 2.75) is 32.2 Å². The first-order chi connectivity index (χ1) is 5.90. The number of guanidine groups is 1. The van der Waals surface area contributed by atoms with Crippen molar-refractivity contribution in [1.82, 2.24) is 10.2 Å². The van der Waals surface area contributed by atoms with E-state index >= 15 is 0 Å². The molecule has 0 aromatic heterocycles. The van der Waals surface area contributed by atoms with Crippen LogP contribution in [0.1, 0.15) is 26.2 Å². The van der Waals surface area contributed by atoms with Gasteiger partial charge in [-0.05, 0) is 19.3 Å². The monoisotopic (exact) mass is 167 g/mol. The molecule has 1 N–H and O–H groups in total. The molecule has 0 saturated carbocycles. The molecule has 2 aliphatic heterocycles. The number of aliphatic imine (C=N–C) groups is 1. The van der Waals surface area contributed by atoms with Gasteiger partial charge < -0.3 is 10.2 Å². The molecule has 0 aliphatic carbocycles. The van der Waals surface area contributed by atoms with Crippen LogP contribution < -0.4 is 5.32 Å². The second kappa shape index (κ2) is 3.33. The van der Waals surface area contributed by atoms with Crippen molar-refractivity contribution < 1.29 is 0 Å². The highest BCUT2D eigenvalue weighted by Gasteiger charge is 2.23. The van der Waals surface area contributed by atoms with Crippen LogP contribution in [0.5, 0.6) is 0 Å². The smallest absolute Gasteiger partial charge is 0.194 e. The van der Waals surface area contributed by atoms with E-state index in [1.165, 1.54) is 32.4 Å². The highest BCUT2D eigenvalue weighted by Crippen LogP contribution is 2.11. The number of nitrogens with zero attached hydrogens (tertiary/aromatic N) is 2.